The highest BCUT2D eigenvalue weighted by Crippen LogP contribution is 2.18. The number of aliphatic imine (C=N–C) groups is 1. The minimum Gasteiger partial charge on any atom is -0.370 e. The zero-order valence-electron chi connectivity index (χ0n) is 12.1. The maximum Gasteiger partial charge on any atom is 0.186 e. The normalized spacial score (nSPS) is 16.4. The Labute approximate surface area is 138 Å². The topological polar surface area (TPSA) is 67.6 Å². The molecule has 0 unspecified atom stereocenters. The van der Waals surface area contributed by atoms with Gasteiger partial charge in [0.15, 0.2) is 5.96 Å². The number of nitrogens with two attached hydrogens (primary N) is 2. The zero-order chi connectivity index (χ0) is 13.7. The van der Waals surface area contributed by atoms with Crippen LogP contribution in [0.5, 0.6) is 0 Å². The maximum atomic E-state index is 5.33. The van der Waals surface area contributed by atoms with Gasteiger partial charge in [-0.05, 0) is 43.0 Å². The first kappa shape index (κ1) is 17.2. The molecule has 0 amide bonds. The van der Waals surface area contributed by atoms with Crippen LogP contribution in [-0.2, 0) is 13.1 Å². The summed E-state index contributed by atoms with van der Waals surface area (Å²) in [4.78, 5) is 6.54. The number of likely N-dealkylation sites (tertiary alicyclic amines) is 1. The quantitative estimate of drug-likeness (QED) is 0.473. The third kappa shape index (κ3) is 5.66. The van der Waals surface area contributed by atoms with Gasteiger partial charge in [-0.1, -0.05) is 31.2 Å². The lowest BCUT2D eigenvalue weighted by atomic mass is 9.99. The number of halogens is 1. The molecule has 1 saturated heterocycles. The van der Waals surface area contributed by atoms with Crippen molar-refractivity contribution in [3.63, 3.8) is 0 Å². The van der Waals surface area contributed by atoms with Crippen molar-refractivity contribution in [2.75, 3.05) is 13.1 Å². The monoisotopic (exact) mass is 388 g/mol. The smallest absolute Gasteiger partial charge is 0.186 e. The van der Waals surface area contributed by atoms with Crippen LogP contribution in [0, 0.1) is 5.92 Å². The fraction of sp³-hybridized carbons (Fsp3) is 0.533. The average Bonchev–Trinajstić information content (AvgIpc) is 2.40. The van der Waals surface area contributed by atoms with E-state index >= 15 is 0 Å². The van der Waals surface area contributed by atoms with E-state index in [1.807, 2.05) is 0 Å². The first-order valence-electron chi connectivity index (χ1n) is 6.99. The second-order valence-corrected chi connectivity index (χ2v) is 5.52. The second-order valence-electron chi connectivity index (χ2n) is 5.52. The Morgan fingerprint density at radius 2 is 1.70 bits per heavy atom. The molecule has 0 saturated carbocycles. The fourth-order valence-electron chi connectivity index (χ4n) is 2.41. The SMILES string of the molecule is CC1CCN(Cc2ccc(CN=C(N)N)cc2)CC1.I. The standard InChI is InChI=1S/C15H24N4.HI/c1-12-6-8-19(9-7-12)11-14-4-2-13(3-5-14)10-18-15(16)17;/h2-5,12H,6-11H2,1H3,(H4,16,17,18);1H. The molecule has 2 rings (SSSR count). The zero-order valence-corrected chi connectivity index (χ0v) is 14.4. The molecule has 0 atom stereocenters. The molecule has 1 aromatic carbocycles. The van der Waals surface area contributed by atoms with Gasteiger partial charge in [0.05, 0.1) is 6.54 Å². The van der Waals surface area contributed by atoms with Crippen LogP contribution < -0.4 is 11.5 Å². The summed E-state index contributed by atoms with van der Waals surface area (Å²) >= 11 is 0. The molecule has 5 heteroatoms. The van der Waals surface area contributed by atoms with E-state index in [4.69, 9.17) is 11.5 Å². The van der Waals surface area contributed by atoms with Crippen molar-refractivity contribution in [2.24, 2.45) is 22.4 Å². The van der Waals surface area contributed by atoms with Crippen molar-refractivity contribution in [3.05, 3.63) is 35.4 Å². The number of nitrogens with zero attached hydrogens (tertiary/aromatic N) is 2. The number of benzene rings is 1. The molecular weight excluding hydrogens is 363 g/mol. The lowest BCUT2D eigenvalue weighted by Gasteiger charge is -2.30. The molecule has 0 spiro atoms. The van der Waals surface area contributed by atoms with E-state index in [-0.39, 0.29) is 29.9 Å². The van der Waals surface area contributed by atoms with E-state index in [1.54, 1.807) is 0 Å². The Bertz CT molecular complexity index is 418. The fourth-order valence-corrected chi connectivity index (χ4v) is 2.41. The molecule has 4 nitrogen and oxygen atoms in total. The van der Waals surface area contributed by atoms with E-state index in [2.05, 4.69) is 41.1 Å². The Kier molecular flexibility index (Phi) is 7.29. The average molecular weight is 388 g/mol. The number of rotatable bonds is 4. The minimum atomic E-state index is 0. The third-order valence-electron chi connectivity index (χ3n) is 3.75. The molecule has 4 N–H and O–H groups in total. The van der Waals surface area contributed by atoms with Crippen LogP contribution in [0.25, 0.3) is 0 Å². The predicted octanol–water partition coefficient (Wildman–Crippen LogP) is 2.31. The number of piperidine rings is 1. The summed E-state index contributed by atoms with van der Waals surface area (Å²) in [6.07, 6.45) is 2.64. The molecule has 0 aromatic heterocycles. The first-order valence-corrected chi connectivity index (χ1v) is 6.99. The molecule has 1 heterocycles. The molecule has 20 heavy (non-hydrogen) atoms. The molecule has 112 valence electrons. The Hall–Kier alpha value is -0.820. The summed E-state index contributed by atoms with van der Waals surface area (Å²) in [5.41, 5.74) is 13.2. The molecule has 0 bridgehead atoms. The van der Waals surface area contributed by atoms with Crippen molar-refractivity contribution < 1.29 is 0 Å². The highest BCUT2D eigenvalue weighted by Gasteiger charge is 2.15. The largest absolute Gasteiger partial charge is 0.370 e. The molecular formula is C15H25IN4. The molecule has 1 fully saturated rings. The summed E-state index contributed by atoms with van der Waals surface area (Å²) in [6.45, 7) is 6.39. The van der Waals surface area contributed by atoms with Gasteiger partial charge in [-0.15, -0.1) is 24.0 Å². The van der Waals surface area contributed by atoms with E-state index in [0.29, 0.717) is 6.54 Å². The lowest BCUT2D eigenvalue weighted by Crippen LogP contribution is -2.32. The van der Waals surface area contributed by atoms with Crippen molar-refractivity contribution in [3.8, 4) is 0 Å². The predicted molar refractivity (Wildman–Crippen MR) is 95.0 cm³/mol. The summed E-state index contributed by atoms with van der Waals surface area (Å²) in [5, 5.41) is 0. The molecule has 0 aliphatic carbocycles. The van der Waals surface area contributed by atoms with Gasteiger partial charge in [-0.2, -0.15) is 0 Å². The van der Waals surface area contributed by atoms with Crippen molar-refractivity contribution in [1.29, 1.82) is 0 Å². The van der Waals surface area contributed by atoms with Crippen molar-refractivity contribution in [2.45, 2.75) is 32.9 Å². The second kappa shape index (κ2) is 8.46. The lowest BCUT2D eigenvalue weighted by molar-refractivity contribution is 0.185. The Morgan fingerprint density at radius 3 is 2.25 bits per heavy atom. The highest BCUT2D eigenvalue weighted by molar-refractivity contribution is 14.0. The van der Waals surface area contributed by atoms with Gasteiger partial charge >= 0.3 is 0 Å². The highest BCUT2D eigenvalue weighted by atomic mass is 127. The summed E-state index contributed by atoms with van der Waals surface area (Å²) in [5.74, 6) is 1.03. The Morgan fingerprint density at radius 1 is 1.15 bits per heavy atom. The van der Waals surface area contributed by atoms with Crippen molar-refractivity contribution in [1.82, 2.24) is 4.90 Å². The Balaban J connectivity index is 0.00000200. The van der Waals surface area contributed by atoms with Gasteiger partial charge in [-0.25, -0.2) is 4.99 Å². The van der Waals surface area contributed by atoms with E-state index in [1.165, 1.54) is 31.5 Å². The summed E-state index contributed by atoms with van der Waals surface area (Å²) in [7, 11) is 0. The van der Waals surface area contributed by atoms with Gasteiger partial charge in [0, 0.05) is 6.54 Å². The van der Waals surface area contributed by atoms with Gasteiger partial charge in [-0.3, -0.25) is 4.90 Å². The van der Waals surface area contributed by atoms with E-state index in [9.17, 15) is 0 Å². The van der Waals surface area contributed by atoms with Crippen molar-refractivity contribution >= 4 is 29.9 Å². The van der Waals surface area contributed by atoms with Crippen LogP contribution in [0.4, 0.5) is 0 Å². The van der Waals surface area contributed by atoms with Crippen LogP contribution in [-0.4, -0.2) is 23.9 Å². The summed E-state index contributed by atoms with van der Waals surface area (Å²) < 4.78 is 0. The molecule has 1 aromatic rings. The van der Waals surface area contributed by atoms with Gasteiger partial charge in [0.2, 0.25) is 0 Å². The van der Waals surface area contributed by atoms with Crippen LogP contribution in [0.1, 0.15) is 30.9 Å². The minimum absolute atomic E-state index is 0. The molecule has 1 aliphatic heterocycles. The number of guanidine groups is 1. The van der Waals surface area contributed by atoms with Gasteiger partial charge in [0.1, 0.15) is 0 Å². The molecule has 0 radical (unpaired) electrons. The van der Waals surface area contributed by atoms with Gasteiger partial charge < -0.3 is 11.5 Å². The molecule has 1 aliphatic rings. The maximum absolute atomic E-state index is 5.33. The van der Waals surface area contributed by atoms with Gasteiger partial charge in [0.25, 0.3) is 0 Å². The van der Waals surface area contributed by atoms with Crippen LogP contribution in [0.3, 0.4) is 0 Å². The summed E-state index contributed by atoms with van der Waals surface area (Å²) in [6, 6.07) is 8.56. The van der Waals surface area contributed by atoms with Crippen LogP contribution >= 0.6 is 24.0 Å². The number of hydrogen-bond acceptors (Lipinski definition) is 2. The van der Waals surface area contributed by atoms with E-state index < -0.39 is 0 Å². The van der Waals surface area contributed by atoms with E-state index in [0.717, 1.165) is 18.0 Å². The number of hydrogen-bond donors (Lipinski definition) is 2. The first-order chi connectivity index (χ1) is 9.13. The van der Waals surface area contributed by atoms with Crippen LogP contribution in [0.15, 0.2) is 29.3 Å². The van der Waals surface area contributed by atoms with Crippen LogP contribution in [0.2, 0.25) is 0 Å². The third-order valence-corrected chi connectivity index (χ3v) is 3.75.